The number of nitrogens with zero attached hydrogens (tertiary/aromatic N) is 1. The van der Waals surface area contributed by atoms with Crippen LogP contribution in [0.4, 0.5) is 0 Å². The molecule has 2 heteroatoms. The standard InChI is InChI=1S/C15H22N2/c1-12-11-17-10-8-13(12)14(16-5)7-6-9-15(2,3)4/h8,10-11,14,16H,7H2,1-5H3. The van der Waals surface area contributed by atoms with E-state index in [4.69, 9.17) is 0 Å². The van der Waals surface area contributed by atoms with Gasteiger partial charge in [-0.15, -0.1) is 5.92 Å². The topological polar surface area (TPSA) is 24.9 Å². The molecule has 0 radical (unpaired) electrons. The summed E-state index contributed by atoms with van der Waals surface area (Å²) < 4.78 is 0. The van der Waals surface area contributed by atoms with Gasteiger partial charge in [0.25, 0.3) is 0 Å². The molecule has 1 unspecified atom stereocenters. The third-order valence-corrected chi connectivity index (χ3v) is 2.56. The first-order valence-electron chi connectivity index (χ1n) is 6.02. The first kappa shape index (κ1) is 13.7. The maximum absolute atomic E-state index is 4.12. The molecule has 0 bridgehead atoms. The molecule has 1 atom stereocenters. The molecular weight excluding hydrogens is 208 g/mol. The molecule has 0 spiro atoms. The molecule has 1 aromatic rings. The van der Waals surface area contributed by atoms with Crippen molar-refractivity contribution in [3.8, 4) is 11.8 Å². The van der Waals surface area contributed by atoms with Crippen molar-refractivity contribution < 1.29 is 0 Å². The summed E-state index contributed by atoms with van der Waals surface area (Å²) in [6, 6.07) is 2.35. The van der Waals surface area contributed by atoms with Gasteiger partial charge in [-0.25, -0.2) is 0 Å². The van der Waals surface area contributed by atoms with Gasteiger partial charge in [0.15, 0.2) is 0 Å². The number of aromatic nitrogens is 1. The maximum atomic E-state index is 4.12. The first-order chi connectivity index (χ1) is 7.94. The molecule has 1 heterocycles. The van der Waals surface area contributed by atoms with Crippen molar-refractivity contribution in [2.75, 3.05) is 7.05 Å². The fourth-order valence-corrected chi connectivity index (χ4v) is 1.66. The molecule has 0 amide bonds. The summed E-state index contributed by atoms with van der Waals surface area (Å²) in [5, 5.41) is 3.32. The lowest BCUT2D eigenvalue weighted by atomic mass is 9.96. The summed E-state index contributed by atoms with van der Waals surface area (Å²) in [5.74, 6) is 6.54. The Hall–Kier alpha value is -1.33. The first-order valence-corrected chi connectivity index (χ1v) is 6.02. The minimum atomic E-state index is 0.0750. The van der Waals surface area contributed by atoms with Gasteiger partial charge < -0.3 is 5.32 Å². The molecule has 0 aliphatic carbocycles. The Labute approximate surface area is 105 Å². The predicted molar refractivity (Wildman–Crippen MR) is 72.6 cm³/mol. The second kappa shape index (κ2) is 5.84. The Kier molecular flexibility index (Phi) is 4.72. The quantitative estimate of drug-likeness (QED) is 0.807. The molecule has 0 aliphatic rings. The van der Waals surface area contributed by atoms with Crippen molar-refractivity contribution in [2.45, 2.75) is 40.2 Å². The van der Waals surface area contributed by atoms with Crippen molar-refractivity contribution >= 4 is 0 Å². The van der Waals surface area contributed by atoms with Crippen molar-refractivity contribution in [1.29, 1.82) is 0 Å². The van der Waals surface area contributed by atoms with E-state index >= 15 is 0 Å². The molecule has 1 N–H and O–H groups in total. The van der Waals surface area contributed by atoms with Crippen molar-refractivity contribution in [2.24, 2.45) is 5.41 Å². The normalized spacial score (nSPS) is 12.8. The van der Waals surface area contributed by atoms with Gasteiger partial charge in [-0.3, -0.25) is 4.98 Å². The molecule has 1 rings (SSSR count). The molecule has 0 saturated carbocycles. The number of nitrogens with one attached hydrogen (secondary N) is 1. The van der Waals surface area contributed by atoms with Gasteiger partial charge in [0.05, 0.1) is 0 Å². The van der Waals surface area contributed by atoms with Gasteiger partial charge in [0.2, 0.25) is 0 Å². The van der Waals surface area contributed by atoms with Gasteiger partial charge >= 0.3 is 0 Å². The summed E-state index contributed by atoms with van der Waals surface area (Å²) in [6.07, 6.45) is 4.57. The van der Waals surface area contributed by atoms with E-state index in [-0.39, 0.29) is 11.5 Å². The van der Waals surface area contributed by atoms with Crippen molar-refractivity contribution in [3.05, 3.63) is 29.6 Å². The Morgan fingerprint density at radius 1 is 1.41 bits per heavy atom. The van der Waals surface area contributed by atoms with Crippen molar-refractivity contribution in [1.82, 2.24) is 10.3 Å². The molecule has 17 heavy (non-hydrogen) atoms. The smallest absolute Gasteiger partial charge is 0.0432 e. The summed E-state index contributed by atoms with van der Waals surface area (Å²) in [6.45, 7) is 8.48. The Bertz CT molecular complexity index is 419. The highest BCUT2D eigenvalue weighted by atomic mass is 14.9. The second-order valence-electron chi connectivity index (χ2n) is 5.33. The third kappa shape index (κ3) is 4.58. The molecular formula is C15H22N2. The van der Waals surface area contributed by atoms with Crippen LogP contribution in [0.1, 0.15) is 44.4 Å². The number of hydrogen-bond acceptors (Lipinski definition) is 2. The van der Waals surface area contributed by atoms with Crippen LogP contribution in [0.15, 0.2) is 18.5 Å². The van der Waals surface area contributed by atoms with Crippen LogP contribution < -0.4 is 5.32 Å². The molecule has 0 aromatic carbocycles. The fourth-order valence-electron chi connectivity index (χ4n) is 1.66. The summed E-state index contributed by atoms with van der Waals surface area (Å²) in [5.41, 5.74) is 2.57. The largest absolute Gasteiger partial charge is 0.312 e. The molecule has 2 nitrogen and oxygen atoms in total. The highest BCUT2D eigenvalue weighted by molar-refractivity contribution is 5.26. The monoisotopic (exact) mass is 230 g/mol. The van der Waals surface area contributed by atoms with Crippen LogP contribution in [0.2, 0.25) is 0 Å². The highest BCUT2D eigenvalue weighted by Gasteiger charge is 2.10. The summed E-state index contributed by atoms with van der Waals surface area (Å²) in [4.78, 5) is 4.12. The van der Waals surface area contributed by atoms with E-state index in [1.807, 2.05) is 19.4 Å². The zero-order chi connectivity index (χ0) is 12.9. The Morgan fingerprint density at radius 2 is 2.12 bits per heavy atom. The van der Waals surface area contributed by atoms with Crippen LogP contribution in [-0.4, -0.2) is 12.0 Å². The van der Waals surface area contributed by atoms with E-state index in [1.54, 1.807) is 0 Å². The average molecular weight is 230 g/mol. The minimum Gasteiger partial charge on any atom is -0.312 e. The summed E-state index contributed by atoms with van der Waals surface area (Å²) >= 11 is 0. The van der Waals surface area contributed by atoms with E-state index in [9.17, 15) is 0 Å². The van der Waals surface area contributed by atoms with Gasteiger partial charge in [-0.1, -0.05) is 5.92 Å². The van der Waals surface area contributed by atoms with Crippen LogP contribution >= 0.6 is 0 Å². The molecule has 92 valence electrons. The molecule has 0 aliphatic heterocycles. The third-order valence-electron chi connectivity index (χ3n) is 2.56. The van der Waals surface area contributed by atoms with Crippen LogP contribution in [0.3, 0.4) is 0 Å². The number of pyridine rings is 1. The van der Waals surface area contributed by atoms with Crippen LogP contribution in [-0.2, 0) is 0 Å². The lowest BCUT2D eigenvalue weighted by Gasteiger charge is -2.16. The number of hydrogen-bond donors (Lipinski definition) is 1. The van der Waals surface area contributed by atoms with Crippen molar-refractivity contribution in [3.63, 3.8) is 0 Å². The summed E-state index contributed by atoms with van der Waals surface area (Å²) in [7, 11) is 1.98. The minimum absolute atomic E-state index is 0.0750. The Balaban J connectivity index is 2.79. The zero-order valence-electron chi connectivity index (χ0n) is 11.5. The fraction of sp³-hybridized carbons (Fsp3) is 0.533. The molecule has 0 fully saturated rings. The van der Waals surface area contributed by atoms with Crippen LogP contribution in [0.25, 0.3) is 0 Å². The predicted octanol–water partition coefficient (Wildman–Crippen LogP) is 3.09. The van der Waals surface area contributed by atoms with E-state index in [0.717, 1.165) is 6.42 Å². The van der Waals surface area contributed by atoms with E-state index < -0.39 is 0 Å². The van der Waals surface area contributed by atoms with Gasteiger partial charge in [0, 0.05) is 30.3 Å². The maximum Gasteiger partial charge on any atom is 0.0432 e. The second-order valence-corrected chi connectivity index (χ2v) is 5.33. The van der Waals surface area contributed by atoms with Gasteiger partial charge in [0.1, 0.15) is 0 Å². The molecule has 1 aromatic heterocycles. The van der Waals surface area contributed by atoms with Gasteiger partial charge in [-0.2, -0.15) is 0 Å². The van der Waals surface area contributed by atoms with Crippen LogP contribution in [0, 0.1) is 24.2 Å². The zero-order valence-corrected chi connectivity index (χ0v) is 11.5. The van der Waals surface area contributed by atoms with Gasteiger partial charge in [-0.05, 0) is 51.9 Å². The lowest BCUT2D eigenvalue weighted by molar-refractivity contribution is 0.565. The number of aryl methyl sites for hydroxylation is 1. The van der Waals surface area contributed by atoms with E-state index in [1.165, 1.54) is 11.1 Å². The molecule has 0 saturated heterocycles. The lowest BCUT2D eigenvalue weighted by Crippen LogP contribution is -2.17. The Morgan fingerprint density at radius 3 is 2.65 bits per heavy atom. The van der Waals surface area contributed by atoms with E-state index in [2.05, 4.69) is 55.9 Å². The highest BCUT2D eigenvalue weighted by Crippen LogP contribution is 2.19. The van der Waals surface area contributed by atoms with Crippen LogP contribution in [0.5, 0.6) is 0 Å². The average Bonchev–Trinajstić information content (AvgIpc) is 2.24. The van der Waals surface area contributed by atoms with E-state index in [0.29, 0.717) is 0 Å². The number of rotatable bonds is 3. The SMILES string of the molecule is CNC(CC#CC(C)(C)C)c1ccncc1C.